The van der Waals surface area contributed by atoms with E-state index in [-0.39, 0.29) is 11.2 Å². The molecule has 0 aliphatic heterocycles. The molecule has 0 heterocycles. The molecule has 0 spiro atoms. The van der Waals surface area contributed by atoms with E-state index >= 15 is 0 Å². The van der Waals surface area contributed by atoms with Crippen LogP contribution in [0.25, 0.3) is 86.2 Å². The highest BCUT2D eigenvalue weighted by atomic mass is 16.5. The van der Waals surface area contributed by atoms with E-state index in [1.807, 2.05) is 372 Å². The van der Waals surface area contributed by atoms with Crippen molar-refractivity contribution in [1.82, 2.24) is 0 Å². The largest absolute Gasteiger partial charge is 0.497 e. The predicted octanol–water partition coefficient (Wildman–Crippen LogP) is 38.9. The maximum absolute atomic E-state index is 5.91. The molecule has 0 N–H and O–H groups in total. The molecule has 9 nitrogen and oxygen atoms in total. The van der Waals surface area contributed by atoms with Gasteiger partial charge < -0.3 is 42.6 Å². The summed E-state index contributed by atoms with van der Waals surface area (Å²) in [7, 11) is 8.43. The summed E-state index contributed by atoms with van der Waals surface area (Å²) < 4.78 is 49.3. The van der Waals surface area contributed by atoms with Crippen molar-refractivity contribution in [3.63, 3.8) is 0 Å². The average Bonchev–Trinajstić information content (AvgIpc) is 0.799. The highest BCUT2D eigenvalue weighted by molar-refractivity contribution is 6.01. The molecule has 0 saturated heterocycles. The third-order valence-electron chi connectivity index (χ3n) is 16.3. The molecule has 712 valence electrons. The summed E-state index contributed by atoms with van der Waals surface area (Å²) in [5, 5.41) is 19.1. The topological polar surface area (TPSA) is 83.1 Å². The van der Waals surface area contributed by atoms with E-state index in [4.69, 9.17) is 42.6 Å². The fourth-order valence-corrected chi connectivity index (χ4v) is 11.7. The summed E-state index contributed by atoms with van der Waals surface area (Å²) in [6, 6.07) is 98.5. The second-order valence-electron chi connectivity index (χ2n) is 25.6. The lowest BCUT2D eigenvalue weighted by Crippen LogP contribution is -2.23. The van der Waals surface area contributed by atoms with Gasteiger partial charge >= 0.3 is 0 Å². The zero-order chi connectivity index (χ0) is 99.7. The van der Waals surface area contributed by atoms with E-state index in [9.17, 15) is 0 Å². The lowest BCUT2D eigenvalue weighted by Gasteiger charge is -2.22. The van der Waals surface area contributed by atoms with Crippen LogP contribution in [0.2, 0.25) is 0 Å². The molecular weight excluding hydrogens is 1590 g/mol. The number of rotatable bonds is 11. The molecular formula is C120H178O9. The van der Waals surface area contributed by atoms with Crippen LogP contribution in [0.15, 0.2) is 291 Å². The van der Waals surface area contributed by atoms with Crippen molar-refractivity contribution in [3.05, 3.63) is 297 Å². The number of hydrogen-bond acceptors (Lipinski definition) is 9. The van der Waals surface area contributed by atoms with Gasteiger partial charge in [-0.25, -0.2) is 0 Å². The summed E-state index contributed by atoms with van der Waals surface area (Å²) in [6.07, 6.45) is 0. The van der Waals surface area contributed by atoms with Gasteiger partial charge in [-0.05, 0) is 189 Å². The molecule has 0 aliphatic rings. The Balaban J connectivity index is -0.000000327. The molecule has 0 fully saturated rings. The lowest BCUT2D eigenvalue weighted by molar-refractivity contribution is 0.132. The summed E-state index contributed by atoms with van der Waals surface area (Å²) in [5.74, 6) is 8.34. The zero-order valence-corrected chi connectivity index (χ0v) is 88.8. The molecule has 15 aromatic carbocycles. The van der Waals surface area contributed by atoms with Gasteiger partial charge in [0.2, 0.25) is 0 Å². The molecule has 0 unspecified atom stereocenters. The van der Waals surface area contributed by atoms with Crippen molar-refractivity contribution in [3.8, 4) is 51.7 Å². The molecule has 15 rings (SSSR count). The first kappa shape index (κ1) is 128. The van der Waals surface area contributed by atoms with Gasteiger partial charge in [-0.3, -0.25) is 0 Å². The summed E-state index contributed by atoms with van der Waals surface area (Å²) in [4.78, 5) is 0. The van der Waals surface area contributed by atoms with Crippen LogP contribution in [-0.4, -0.2) is 60.0 Å². The number of hydrogen-bond donors (Lipinski definition) is 0. The zero-order valence-electron chi connectivity index (χ0n) is 88.8. The summed E-state index contributed by atoms with van der Waals surface area (Å²) in [5.41, 5.74) is 0.850. The fraction of sp³-hybridized carbons (Fsp3) is 0.383. The van der Waals surface area contributed by atoms with Gasteiger partial charge in [0.25, 0.3) is 0 Å². The highest BCUT2D eigenvalue weighted by Gasteiger charge is 2.15. The molecule has 0 aromatic heterocycles. The second-order valence-corrected chi connectivity index (χ2v) is 25.6. The van der Waals surface area contributed by atoms with Gasteiger partial charge in [0.1, 0.15) is 62.9 Å². The van der Waals surface area contributed by atoms with Crippen molar-refractivity contribution in [2.45, 2.75) is 267 Å². The van der Waals surface area contributed by atoms with Crippen molar-refractivity contribution in [2.24, 2.45) is 0 Å². The highest BCUT2D eigenvalue weighted by Crippen LogP contribution is 2.36. The molecule has 0 saturated carbocycles. The maximum atomic E-state index is 5.91. The number of methoxy groups -OCH3 is 5. The van der Waals surface area contributed by atoms with Crippen molar-refractivity contribution < 1.29 is 42.6 Å². The Hall–Kier alpha value is -11.4. The number of fused-ring (bicyclic) bond motifs is 8. The predicted molar refractivity (Wildman–Crippen MR) is 585 cm³/mol. The van der Waals surface area contributed by atoms with E-state index in [1.54, 1.807) is 35.5 Å². The fourth-order valence-electron chi connectivity index (χ4n) is 11.7. The maximum Gasteiger partial charge on any atom is 0.127 e. The number of ether oxygens (including phenoxy) is 9. The first-order valence-corrected chi connectivity index (χ1v) is 48.2. The van der Waals surface area contributed by atoms with Gasteiger partial charge in [-0.2, -0.15) is 0 Å². The number of aryl methyl sites for hydroxylation is 1. The minimum Gasteiger partial charge on any atom is -0.497 e. The molecule has 15 aromatic rings. The van der Waals surface area contributed by atoms with Gasteiger partial charge in [-0.15, -0.1) is 0 Å². The molecule has 0 amide bonds. The van der Waals surface area contributed by atoms with Crippen LogP contribution >= 0.6 is 0 Å². The molecule has 0 atom stereocenters. The van der Waals surface area contributed by atoms with Crippen molar-refractivity contribution in [2.75, 3.05) is 48.8 Å². The molecule has 0 radical (unpaired) electrons. The first-order valence-electron chi connectivity index (χ1n) is 48.2. The van der Waals surface area contributed by atoms with Crippen LogP contribution in [0.1, 0.15) is 255 Å². The normalized spacial score (nSPS) is 9.07. The Morgan fingerprint density at radius 3 is 0.721 bits per heavy atom. The average molecular weight is 1760 g/mol. The van der Waals surface area contributed by atoms with Crippen LogP contribution in [0.3, 0.4) is 0 Å². The van der Waals surface area contributed by atoms with E-state index in [1.165, 1.54) is 75.4 Å². The Kier molecular flexibility index (Phi) is 81.9. The second kappa shape index (κ2) is 82.3. The van der Waals surface area contributed by atoms with Crippen LogP contribution in [0, 0.1) is 6.92 Å². The van der Waals surface area contributed by atoms with E-state index in [2.05, 4.69) is 176 Å². The van der Waals surface area contributed by atoms with Crippen LogP contribution < -0.4 is 42.6 Å². The Morgan fingerprint density at radius 2 is 0.419 bits per heavy atom. The quantitative estimate of drug-likeness (QED) is 0.118. The molecule has 9 heteroatoms. The van der Waals surface area contributed by atoms with Crippen molar-refractivity contribution in [1.29, 1.82) is 0 Å². The Labute approximate surface area is 788 Å². The van der Waals surface area contributed by atoms with E-state index < -0.39 is 0 Å². The minimum absolute atomic E-state index is 0.149. The van der Waals surface area contributed by atoms with Gasteiger partial charge in [0.05, 0.1) is 48.8 Å². The Morgan fingerprint density at radius 1 is 0.186 bits per heavy atom. The third kappa shape index (κ3) is 46.4. The van der Waals surface area contributed by atoms with Gasteiger partial charge in [-0.1, -0.05) is 412 Å². The third-order valence-corrected chi connectivity index (χ3v) is 16.3. The van der Waals surface area contributed by atoms with E-state index in [0.717, 1.165) is 68.1 Å². The number of benzene rings is 15. The lowest BCUT2D eigenvalue weighted by atomic mass is 10.0. The Bertz CT molecular complexity index is 4900. The molecule has 0 aliphatic carbocycles. The van der Waals surface area contributed by atoms with Crippen LogP contribution in [0.4, 0.5) is 0 Å². The SMILES string of the molecule is CC.CC.CC.CC.CC.CC.CC.CC.CC.CC.CC.CC.CC.CC.CC(C)(C)Oc1cccc2ccccc12.CC(C)(C)Oc1cccc2ccccc12.CCOc1cccc2ccccc12.CCOc1cccc2ccccc12.COc1ccc(OC)c2ccccc12.COc1ccc2ccc(OC)c(C)c2c1.COc1cccc2cc3ccccc3cc12. The first-order chi connectivity index (χ1) is 63.0. The van der Waals surface area contributed by atoms with E-state index in [0.29, 0.717) is 13.2 Å². The monoisotopic (exact) mass is 1760 g/mol. The van der Waals surface area contributed by atoms with Crippen LogP contribution in [0.5, 0.6) is 51.7 Å². The van der Waals surface area contributed by atoms with Gasteiger partial charge in [0.15, 0.2) is 0 Å². The smallest absolute Gasteiger partial charge is 0.127 e. The van der Waals surface area contributed by atoms with Gasteiger partial charge in [0, 0.05) is 37.7 Å². The van der Waals surface area contributed by atoms with Crippen molar-refractivity contribution >= 4 is 86.2 Å². The summed E-state index contributed by atoms with van der Waals surface area (Å²) in [6.45, 7) is 75.9. The molecule has 129 heavy (non-hydrogen) atoms. The summed E-state index contributed by atoms with van der Waals surface area (Å²) >= 11 is 0. The molecule has 0 bridgehead atoms. The van der Waals surface area contributed by atoms with Crippen LogP contribution in [-0.2, 0) is 0 Å². The standard InChI is InChI=1S/C15H12O.2C14H16O.C13H14O2.C12H12O2.2C12H12O.14C2H6/c1-16-15-8-4-7-13-9-11-5-2-3-6-12(11)10-14(13)15;2*1-14(2,3)15-13-10-6-8-11-7-4-5-9-12(11)13;1-9-12-8-11(14-2)6-4-10(12)5-7-13(9)15-3;1-13-11-7-8-12(14-2)10-6-4-3-5-9(10)11;2*1-2-13-12-9-5-7-10-6-3-4-8-11(10)12;14*1-2/h2-10H,1H3;2*4-10H,1-3H3;4-8H,1-3H3;3-8H,1-2H3;2*3-9H,2H2,1H3;14*1-2H3. The minimum atomic E-state index is -0.149.